The van der Waals surface area contributed by atoms with Gasteiger partial charge in [-0.05, 0) is 37.0 Å². The van der Waals surface area contributed by atoms with E-state index in [9.17, 15) is 13.2 Å². The summed E-state index contributed by atoms with van der Waals surface area (Å²) in [6, 6.07) is 5.05. The zero-order chi connectivity index (χ0) is 15.7. The third-order valence-corrected chi connectivity index (χ3v) is 7.01. The van der Waals surface area contributed by atoms with Crippen molar-refractivity contribution in [3.8, 4) is 0 Å². The number of piperidine rings is 1. The highest BCUT2D eigenvalue weighted by Gasteiger charge is 2.29. The lowest BCUT2D eigenvalue weighted by Gasteiger charge is -2.30. The Labute approximate surface area is 135 Å². The maximum absolute atomic E-state index is 12.8. The molecule has 1 unspecified atom stereocenters. The number of anilines is 1. The van der Waals surface area contributed by atoms with E-state index >= 15 is 0 Å². The lowest BCUT2D eigenvalue weighted by molar-refractivity contribution is -0.115. The number of nitrogens with one attached hydrogen (secondary N) is 1. The van der Waals surface area contributed by atoms with Crippen molar-refractivity contribution in [1.82, 2.24) is 4.31 Å². The molecule has 120 valence electrons. The number of carbonyl (C=O) groups excluding carboxylic acids is 1. The van der Waals surface area contributed by atoms with E-state index in [4.69, 9.17) is 0 Å². The molecule has 1 atom stereocenters. The Bertz CT molecular complexity index is 688. The Morgan fingerprint density at radius 3 is 2.95 bits per heavy atom. The predicted octanol–water partition coefficient (Wildman–Crippen LogP) is 2.54. The van der Waals surface area contributed by atoms with E-state index in [2.05, 4.69) is 12.2 Å². The van der Waals surface area contributed by atoms with Crippen molar-refractivity contribution < 1.29 is 13.2 Å². The van der Waals surface area contributed by atoms with Crippen LogP contribution in [-0.2, 0) is 14.8 Å². The fraction of sp³-hybridized carbons (Fsp3) is 0.533. The standard InChI is InChI=1S/C15H20N2O3S2/c1-11-3-2-7-17(10-11)22(19,20)12-4-5-14-13(9-12)16-15(18)6-8-21-14/h4-5,9,11H,2-3,6-8,10H2,1H3,(H,16,18). The first-order chi connectivity index (χ1) is 10.5. The van der Waals surface area contributed by atoms with Crippen molar-refractivity contribution in [2.75, 3.05) is 24.2 Å². The van der Waals surface area contributed by atoms with Gasteiger partial charge in [0.2, 0.25) is 15.9 Å². The molecule has 1 aromatic rings. The van der Waals surface area contributed by atoms with Crippen LogP contribution < -0.4 is 5.32 Å². The molecule has 1 fully saturated rings. The maximum atomic E-state index is 12.8. The minimum atomic E-state index is -3.49. The molecule has 2 aliphatic rings. The summed E-state index contributed by atoms with van der Waals surface area (Å²) < 4.78 is 27.1. The summed E-state index contributed by atoms with van der Waals surface area (Å²) in [5, 5.41) is 2.80. The number of fused-ring (bicyclic) bond motifs is 1. The van der Waals surface area contributed by atoms with Crippen molar-refractivity contribution in [3.63, 3.8) is 0 Å². The van der Waals surface area contributed by atoms with E-state index in [1.165, 1.54) is 0 Å². The van der Waals surface area contributed by atoms with Gasteiger partial charge in [0.15, 0.2) is 0 Å². The van der Waals surface area contributed by atoms with E-state index in [0.29, 0.717) is 36.9 Å². The molecule has 7 heteroatoms. The third-order valence-electron chi connectivity index (χ3n) is 4.07. The van der Waals surface area contributed by atoms with Crippen LogP contribution in [0.5, 0.6) is 0 Å². The topological polar surface area (TPSA) is 66.5 Å². The second-order valence-electron chi connectivity index (χ2n) is 5.92. The lowest BCUT2D eigenvalue weighted by atomic mass is 10.0. The zero-order valence-corrected chi connectivity index (χ0v) is 14.2. The van der Waals surface area contributed by atoms with Crippen LogP contribution in [0.2, 0.25) is 0 Å². The Hall–Kier alpha value is -1.05. The van der Waals surface area contributed by atoms with Gasteiger partial charge >= 0.3 is 0 Å². The Balaban J connectivity index is 1.92. The molecule has 0 bridgehead atoms. The summed E-state index contributed by atoms with van der Waals surface area (Å²) in [6.45, 7) is 3.22. The van der Waals surface area contributed by atoms with E-state index in [-0.39, 0.29) is 10.8 Å². The van der Waals surface area contributed by atoms with Crippen LogP contribution in [-0.4, -0.2) is 37.5 Å². The summed E-state index contributed by atoms with van der Waals surface area (Å²) >= 11 is 1.58. The lowest BCUT2D eigenvalue weighted by Crippen LogP contribution is -2.39. The van der Waals surface area contributed by atoms with Crippen LogP contribution in [0.15, 0.2) is 28.0 Å². The van der Waals surface area contributed by atoms with Crippen LogP contribution >= 0.6 is 11.8 Å². The molecular formula is C15H20N2O3S2. The van der Waals surface area contributed by atoms with Crippen LogP contribution in [0.25, 0.3) is 0 Å². The van der Waals surface area contributed by atoms with E-state index in [1.807, 2.05) is 0 Å². The molecule has 0 aliphatic carbocycles. The molecule has 0 radical (unpaired) electrons. The Morgan fingerprint density at radius 1 is 1.36 bits per heavy atom. The summed E-state index contributed by atoms with van der Waals surface area (Å²) in [4.78, 5) is 12.9. The molecule has 1 aromatic carbocycles. The summed E-state index contributed by atoms with van der Waals surface area (Å²) in [6.07, 6.45) is 2.42. The van der Waals surface area contributed by atoms with Gasteiger partial charge in [-0.1, -0.05) is 6.92 Å². The molecule has 5 nitrogen and oxygen atoms in total. The first-order valence-corrected chi connectivity index (χ1v) is 9.96. The first kappa shape index (κ1) is 15.8. The van der Waals surface area contributed by atoms with Crippen LogP contribution in [0.3, 0.4) is 0 Å². The molecule has 1 saturated heterocycles. The quantitative estimate of drug-likeness (QED) is 0.898. The van der Waals surface area contributed by atoms with E-state index < -0.39 is 10.0 Å². The second kappa shape index (κ2) is 6.22. The average Bonchev–Trinajstić information content (AvgIpc) is 2.67. The molecule has 2 heterocycles. The number of amides is 1. The molecular weight excluding hydrogens is 320 g/mol. The molecule has 1 N–H and O–H groups in total. The fourth-order valence-electron chi connectivity index (χ4n) is 2.87. The molecule has 0 saturated carbocycles. The number of thioether (sulfide) groups is 1. The summed E-state index contributed by atoms with van der Waals surface area (Å²) in [5.41, 5.74) is 0.610. The van der Waals surface area contributed by atoms with Crippen molar-refractivity contribution in [2.24, 2.45) is 5.92 Å². The van der Waals surface area contributed by atoms with Crippen molar-refractivity contribution >= 4 is 33.4 Å². The van der Waals surface area contributed by atoms with Gasteiger partial charge in [-0.2, -0.15) is 4.31 Å². The number of carbonyl (C=O) groups is 1. The van der Waals surface area contributed by atoms with Gasteiger partial charge in [-0.3, -0.25) is 4.79 Å². The molecule has 22 heavy (non-hydrogen) atoms. The van der Waals surface area contributed by atoms with Gasteiger partial charge in [-0.25, -0.2) is 8.42 Å². The highest BCUT2D eigenvalue weighted by Crippen LogP contribution is 2.34. The highest BCUT2D eigenvalue weighted by atomic mass is 32.2. The van der Waals surface area contributed by atoms with Gasteiger partial charge in [0.05, 0.1) is 10.6 Å². The van der Waals surface area contributed by atoms with Crippen molar-refractivity contribution in [3.05, 3.63) is 18.2 Å². The van der Waals surface area contributed by atoms with Gasteiger partial charge < -0.3 is 5.32 Å². The first-order valence-electron chi connectivity index (χ1n) is 7.53. The van der Waals surface area contributed by atoms with Crippen molar-refractivity contribution in [1.29, 1.82) is 0 Å². The van der Waals surface area contributed by atoms with E-state index in [0.717, 1.165) is 17.7 Å². The second-order valence-corrected chi connectivity index (χ2v) is 8.99. The molecule has 1 amide bonds. The minimum Gasteiger partial charge on any atom is -0.325 e. The molecule has 3 rings (SSSR count). The third kappa shape index (κ3) is 3.16. The van der Waals surface area contributed by atoms with Gasteiger partial charge in [0.25, 0.3) is 0 Å². The molecule has 0 aromatic heterocycles. The van der Waals surface area contributed by atoms with E-state index in [1.54, 1.807) is 34.3 Å². The average molecular weight is 340 g/mol. The number of nitrogens with zero attached hydrogens (tertiary/aromatic N) is 1. The zero-order valence-electron chi connectivity index (χ0n) is 12.5. The minimum absolute atomic E-state index is 0.0626. The van der Waals surface area contributed by atoms with Gasteiger partial charge in [0, 0.05) is 30.2 Å². The smallest absolute Gasteiger partial charge is 0.243 e. The number of hydrogen-bond donors (Lipinski definition) is 1. The molecule has 2 aliphatic heterocycles. The van der Waals surface area contributed by atoms with Gasteiger partial charge in [-0.15, -0.1) is 11.8 Å². The summed E-state index contributed by atoms with van der Waals surface area (Å²) in [5.74, 6) is 1.04. The number of sulfonamides is 1. The van der Waals surface area contributed by atoms with Crippen LogP contribution in [0.1, 0.15) is 26.2 Å². The van der Waals surface area contributed by atoms with Crippen LogP contribution in [0, 0.1) is 5.92 Å². The monoisotopic (exact) mass is 340 g/mol. The number of rotatable bonds is 2. The largest absolute Gasteiger partial charge is 0.325 e. The number of benzene rings is 1. The number of hydrogen-bond acceptors (Lipinski definition) is 4. The predicted molar refractivity (Wildman–Crippen MR) is 87.6 cm³/mol. The highest BCUT2D eigenvalue weighted by molar-refractivity contribution is 7.99. The summed E-state index contributed by atoms with van der Waals surface area (Å²) in [7, 11) is -3.49. The molecule has 0 spiro atoms. The fourth-order valence-corrected chi connectivity index (χ4v) is 5.44. The Kier molecular flexibility index (Phi) is 4.47. The SMILES string of the molecule is CC1CCCN(S(=O)(=O)c2ccc3c(c2)NC(=O)CCS3)C1. The normalized spacial score (nSPS) is 23.5. The van der Waals surface area contributed by atoms with Crippen LogP contribution in [0.4, 0.5) is 5.69 Å². The van der Waals surface area contributed by atoms with Gasteiger partial charge in [0.1, 0.15) is 0 Å². The maximum Gasteiger partial charge on any atom is 0.243 e. The van der Waals surface area contributed by atoms with Crippen molar-refractivity contribution in [2.45, 2.75) is 36.0 Å². The Morgan fingerprint density at radius 2 is 2.18 bits per heavy atom.